The van der Waals surface area contributed by atoms with E-state index in [4.69, 9.17) is 0 Å². The minimum Gasteiger partial charge on any atom is -0.310 e. The van der Waals surface area contributed by atoms with Crippen molar-refractivity contribution < 1.29 is 0 Å². The SMILES string of the molecule is C=C(/C=C\C(=C/CC)c1ccc(/C(C)=C/C=C\C=C/C)cc1Br)n1c2ccccc2c2ccccc21. The third kappa shape index (κ3) is 5.45. The fourth-order valence-corrected chi connectivity index (χ4v) is 5.05. The zero-order valence-electron chi connectivity index (χ0n) is 21.2. The summed E-state index contributed by atoms with van der Waals surface area (Å²) in [5.74, 6) is 0. The standard InChI is InChI=1S/C34H32BrN/c1-5-7-8-9-15-25(3)28-22-23-29(32(35)24-28)27(14-6-2)21-20-26(4)36-33-18-12-10-16-30(33)31-17-11-13-19-34(31)36/h5,7-24H,4,6H2,1-3H3/b7-5-,9-8-,21-20-,25-15+,27-14+. The summed E-state index contributed by atoms with van der Waals surface area (Å²) in [6.45, 7) is 10.8. The Hall–Kier alpha value is -3.62. The van der Waals surface area contributed by atoms with Crippen LogP contribution >= 0.6 is 15.9 Å². The van der Waals surface area contributed by atoms with Gasteiger partial charge in [0.1, 0.15) is 0 Å². The van der Waals surface area contributed by atoms with Crippen molar-refractivity contribution in [1.82, 2.24) is 4.57 Å². The van der Waals surface area contributed by atoms with E-state index in [0.29, 0.717) is 0 Å². The Morgan fingerprint density at radius 1 is 0.889 bits per heavy atom. The van der Waals surface area contributed by atoms with E-state index in [9.17, 15) is 0 Å². The molecule has 0 radical (unpaired) electrons. The zero-order valence-corrected chi connectivity index (χ0v) is 22.8. The monoisotopic (exact) mass is 533 g/mol. The van der Waals surface area contributed by atoms with Crippen LogP contribution in [0.1, 0.15) is 38.3 Å². The van der Waals surface area contributed by atoms with Gasteiger partial charge in [-0.15, -0.1) is 0 Å². The third-order valence-electron chi connectivity index (χ3n) is 6.24. The average Bonchev–Trinajstić information content (AvgIpc) is 3.23. The van der Waals surface area contributed by atoms with Crippen molar-refractivity contribution in [1.29, 1.82) is 0 Å². The number of fused-ring (bicyclic) bond motifs is 3. The Balaban J connectivity index is 1.66. The van der Waals surface area contributed by atoms with Crippen LogP contribution in [0, 0.1) is 0 Å². The molecule has 1 nitrogen and oxygen atoms in total. The topological polar surface area (TPSA) is 4.93 Å². The molecule has 0 aliphatic heterocycles. The molecule has 3 aromatic carbocycles. The van der Waals surface area contributed by atoms with Gasteiger partial charge in [0, 0.05) is 20.9 Å². The van der Waals surface area contributed by atoms with Crippen molar-refractivity contribution in [2.75, 3.05) is 0 Å². The highest BCUT2D eigenvalue weighted by molar-refractivity contribution is 9.10. The van der Waals surface area contributed by atoms with Gasteiger partial charge in [-0.1, -0.05) is 120 Å². The molecule has 0 bridgehead atoms. The van der Waals surface area contributed by atoms with E-state index in [-0.39, 0.29) is 0 Å². The normalized spacial score (nSPS) is 13.2. The molecule has 0 saturated carbocycles. The summed E-state index contributed by atoms with van der Waals surface area (Å²) in [6, 6.07) is 23.6. The average molecular weight is 535 g/mol. The summed E-state index contributed by atoms with van der Waals surface area (Å²) in [7, 11) is 0. The molecule has 0 N–H and O–H groups in total. The minimum atomic E-state index is 0.939. The number of allylic oxidation sites excluding steroid dienone is 11. The maximum atomic E-state index is 4.44. The lowest BCUT2D eigenvalue weighted by molar-refractivity contribution is 1.22. The summed E-state index contributed by atoms with van der Waals surface area (Å²) in [5, 5.41) is 2.49. The molecule has 0 aliphatic rings. The number of rotatable bonds is 8. The molecule has 0 fully saturated rings. The summed E-state index contributed by atoms with van der Waals surface area (Å²) < 4.78 is 3.33. The first-order valence-electron chi connectivity index (χ1n) is 12.4. The Morgan fingerprint density at radius 2 is 1.56 bits per heavy atom. The summed E-state index contributed by atoms with van der Waals surface area (Å²) in [6.07, 6.45) is 17.8. The van der Waals surface area contributed by atoms with Gasteiger partial charge in [-0.25, -0.2) is 0 Å². The molecule has 0 atom stereocenters. The predicted octanol–water partition coefficient (Wildman–Crippen LogP) is 10.6. The van der Waals surface area contributed by atoms with Crippen LogP contribution in [0.5, 0.6) is 0 Å². The largest absolute Gasteiger partial charge is 0.310 e. The maximum absolute atomic E-state index is 4.44. The molecule has 180 valence electrons. The number of hydrogen-bond donors (Lipinski definition) is 0. The number of hydrogen-bond acceptors (Lipinski definition) is 0. The molecule has 4 rings (SSSR count). The lowest BCUT2D eigenvalue weighted by Gasteiger charge is -2.11. The zero-order chi connectivity index (χ0) is 25.5. The second-order valence-electron chi connectivity index (χ2n) is 8.72. The lowest BCUT2D eigenvalue weighted by Crippen LogP contribution is -1.93. The number of para-hydroxylation sites is 2. The highest BCUT2D eigenvalue weighted by atomic mass is 79.9. The first-order chi connectivity index (χ1) is 17.5. The summed E-state index contributed by atoms with van der Waals surface area (Å²) >= 11 is 3.83. The van der Waals surface area contributed by atoms with Crippen LogP contribution in [0.4, 0.5) is 0 Å². The molecule has 1 heterocycles. The van der Waals surface area contributed by atoms with Crippen LogP contribution in [0.25, 0.3) is 38.6 Å². The number of halogens is 1. The van der Waals surface area contributed by atoms with Gasteiger partial charge >= 0.3 is 0 Å². The van der Waals surface area contributed by atoms with Gasteiger partial charge in [-0.05, 0) is 66.8 Å². The van der Waals surface area contributed by atoms with E-state index < -0.39 is 0 Å². The summed E-state index contributed by atoms with van der Waals surface area (Å²) in [5.41, 5.74) is 8.05. The van der Waals surface area contributed by atoms with Gasteiger partial charge in [0.25, 0.3) is 0 Å². The van der Waals surface area contributed by atoms with Crippen LogP contribution in [0.3, 0.4) is 0 Å². The van der Waals surface area contributed by atoms with E-state index in [1.165, 1.54) is 44.1 Å². The molecule has 0 unspecified atom stereocenters. The Bertz CT molecular complexity index is 1500. The number of nitrogens with zero attached hydrogens (tertiary/aromatic N) is 1. The molecule has 2 heteroatoms. The third-order valence-corrected chi connectivity index (χ3v) is 6.90. The van der Waals surface area contributed by atoms with Gasteiger partial charge < -0.3 is 4.57 Å². The van der Waals surface area contributed by atoms with Gasteiger partial charge in [-0.2, -0.15) is 0 Å². The predicted molar refractivity (Wildman–Crippen MR) is 164 cm³/mol. The van der Waals surface area contributed by atoms with Gasteiger partial charge in [0.2, 0.25) is 0 Å². The molecular formula is C34H32BrN. The molecule has 4 aromatic rings. The molecule has 0 amide bonds. The first kappa shape index (κ1) is 25.5. The van der Waals surface area contributed by atoms with Gasteiger partial charge in [-0.3, -0.25) is 0 Å². The van der Waals surface area contributed by atoms with Gasteiger partial charge in [0.15, 0.2) is 0 Å². The van der Waals surface area contributed by atoms with Crippen molar-refractivity contribution in [3.63, 3.8) is 0 Å². The van der Waals surface area contributed by atoms with Crippen LogP contribution < -0.4 is 0 Å². The fraction of sp³-hybridized carbons (Fsp3) is 0.118. The van der Waals surface area contributed by atoms with Crippen LogP contribution in [0.2, 0.25) is 0 Å². The molecule has 0 spiro atoms. The second-order valence-corrected chi connectivity index (χ2v) is 9.57. The molecule has 0 saturated heterocycles. The van der Waals surface area contributed by atoms with Gasteiger partial charge in [0.05, 0.1) is 11.0 Å². The van der Waals surface area contributed by atoms with E-state index >= 15 is 0 Å². The Morgan fingerprint density at radius 3 is 2.17 bits per heavy atom. The Kier molecular flexibility index (Phi) is 8.40. The second kappa shape index (κ2) is 11.9. The highest BCUT2D eigenvalue weighted by Gasteiger charge is 2.11. The van der Waals surface area contributed by atoms with Crippen LogP contribution in [0.15, 0.2) is 126 Å². The van der Waals surface area contributed by atoms with Crippen LogP contribution in [-0.2, 0) is 0 Å². The molecule has 1 aromatic heterocycles. The van der Waals surface area contributed by atoms with Crippen molar-refractivity contribution in [2.45, 2.75) is 27.2 Å². The Labute approximate surface area is 223 Å². The molecule has 36 heavy (non-hydrogen) atoms. The smallest absolute Gasteiger partial charge is 0.0540 e. The molecular weight excluding hydrogens is 502 g/mol. The lowest BCUT2D eigenvalue weighted by atomic mass is 9.99. The summed E-state index contributed by atoms with van der Waals surface area (Å²) in [4.78, 5) is 0. The fourth-order valence-electron chi connectivity index (χ4n) is 4.45. The van der Waals surface area contributed by atoms with Crippen molar-refractivity contribution in [3.8, 4) is 0 Å². The minimum absolute atomic E-state index is 0.939. The first-order valence-corrected chi connectivity index (χ1v) is 13.2. The van der Waals surface area contributed by atoms with Crippen molar-refractivity contribution in [2.24, 2.45) is 0 Å². The van der Waals surface area contributed by atoms with E-state index in [1.54, 1.807) is 0 Å². The quantitative estimate of drug-likeness (QED) is 0.198. The molecule has 0 aliphatic carbocycles. The maximum Gasteiger partial charge on any atom is 0.0540 e. The van der Waals surface area contributed by atoms with E-state index in [1.807, 2.05) is 25.2 Å². The highest BCUT2D eigenvalue weighted by Crippen LogP contribution is 2.33. The van der Waals surface area contributed by atoms with E-state index in [2.05, 4.69) is 138 Å². The van der Waals surface area contributed by atoms with Crippen molar-refractivity contribution >= 4 is 54.6 Å². The van der Waals surface area contributed by atoms with Crippen molar-refractivity contribution in [3.05, 3.63) is 138 Å². The van der Waals surface area contributed by atoms with Crippen LogP contribution in [-0.4, -0.2) is 4.57 Å². The number of benzene rings is 3. The number of aromatic nitrogens is 1. The van der Waals surface area contributed by atoms with E-state index in [0.717, 1.165) is 16.6 Å².